The van der Waals surface area contributed by atoms with Crippen molar-refractivity contribution < 1.29 is 14.7 Å². The van der Waals surface area contributed by atoms with Gasteiger partial charge in [0.2, 0.25) is 5.91 Å². The first-order valence-electron chi connectivity index (χ1n) is 14.0. The molecule has 1 heterocycles. The highest BCUT2D eigenvalue weighted by Gasteiger charge is 2.58. The Kier molecular flexibility index (Phi) is 8.42. The van der Waals surface area contributed by atoms with Crippen LogP contribution in [0.15, 0.2) is 54.6 Å². The second-order valence-electron chi connectivity index (χ2n) is 12.4. The highest BCUT2D eigenvalue weighted by molar-refractivity contribution is 5.87. The van der Waals surface area contributed by atoms with Crippen LogP contribution in [0.1, 0.15) is 95.4 Å². The summed E-state index contributed by atoms with van der Waals surface area (Å²) in [5.74, 6) is -0.850. The second-order valence-corrected chi connectivity index (χ2v) is 12.4. The summed E-state index contributed by atoms with van der Waals surface area (Å²) in [6.45, 7) is 11.4. The molecule has 0 radical (unpaired) electrons. The molecule has 4 atom stereocenters. The van der Waals surface area contributed by atoms with E-state index in [0.29, 0.717) is 12.5 Å². The third-order valence-electron chi connectivity index (χ3n) is 8.47. The number of nitrogens with zero attached hydrogens (tertiary/aromatic N) is 1. The average Bonchev–Trinajstić information content (AvgIpc) is 3.24. The molecule has 1 saturated heterocycles. The van der Waals surface area contributed by atoms with Gasteiger partial charge >= 0.3 is 5.97 Å². The Morgan fingerprint density at radius 3 is 2.19 bits per heavy atom. The fourth-order valence-corrected chi connectivity index (χ4v) is 6.77. The molecule has 1 aliphatic heterocycles. The van der Waals surface area contributed by atoms with E-state index >= 15 is 0 Å². The number of amides is 1. The largest absolute Gasteiger partial charge is 0.480 e. The van der Waals surface area contributed by atoms with Crippen molar-refractivity contribution >= 4 is 11.9 Å². The molecule has 0 aromatic heterocycles. The van der Waals surface area contributed by atoms with Crippen LogP contribution in [0.3, 0.4) is 0 Å². The van der Waals surface area contributed by atoms with E-state index in [4.69, 9.17) is 0 Å². The van der Waals surface area contributed by atoms with Gasteiger partial charge in [-0.25, -0.2) is 4.79 Å². The molecule has 4 rings (SSSR count). The number of nitrogens with one attached hydrogen (secondary N) is 1. The zero-order valence-electron chi connectivity index (χ0n) is 23.1. The zero-order valence-corrected chi connectivity index (χ0v) is 23.1. The molecule has 0 spiro atoms. The molecule has 2 N–H and O–H groups in total. The number of rotatable bonds is 7. The third-order valence-corrected chi connectivity index (χ3v) is 8.47. The highest BCUT2D eigenvalue weighted by atomic mass is 16.4. The molecule has 2 aromatic carbocycles. The van der Waals surface area contributed by atoms with Crippen molar-refractivity contribution in [3.05, 3.63) is 71.3 Å². The predicted octanol–water partition coefficient (Wildman–Crippen LogP) is 6.55. The number of hydrogen-bond acceptors (Lipinski definition) is 3. The molecular weight excluding hydrogens is 460 g/mol. The molecule has 37 heavy (non-hydrogen) atoms. The summed E-state index contributed by atoms with van der Waals surface area (Å²) in [6, 6.07) is 17.1. The fraction of sp³-hybridized carbons (Fsp3) is 0.562. The zero-order chi connectivity index (χ0) is 26.7. The maximum atomic E-state index is 14.2. The third kappa shape index (κ3) is 5.77. The van der Waals surface area contributed by atoms with Gasteiger partial charge in [-0.15, -0.1) is 0 Å². The van der Waals surface area contributed by atoms with Crippen LogP contribution in [0.2, 0.25) is 0 Å². The van der Waals surface area contributed by atoms with Gasteiger partial charge in [0.1, 0.15) is 6.04 Å². The Bertz CT molecular complexity index is 1070. The van der Waals surface area contributed by atoms with E-state index in [0.717, 1.165) is 37.7 Å². The van der Waals surface area contributed by atoms with Gasteiger partial charge in [-0.05, 0) is 40.9 Å². The number of hydrogen-bond donors (Lipinski definition) is 2. The van der Waals surface area contributed by atoms with Gasteiger partial charge in [-0.2, -0.15) is 0 Å². The van der Waals surface area contributed by atoms with Crippen LogP contribution < -0.4 is 5.32 Å². The normalized spacial score (nSPS) is 25.0. The van der Waals surface area contributed by atoms with E-state index in [9.17, 15) is 14.7 Å². The fourth-order valence-electron chi connectivity index (χ4n) is 6.77. The highest BCUT2D eigenvalue weighted by Crippen LogP contribution is 2.49. The molecule has 1 amide bonds. The van der Waals surface area contributed by atoms with Crippen LogP contribution in [0, 0.1) is 17.3 Å². The van der Waals surface area contributed by atoms with Crippen molar-refractivity contribution in [2.75, 3.05) is 0 Å². The Hall–Kier alpha value is -2.66. The molecular formula is C32H44N2O3. The van der Waals surface area contributed by atoms with Gasteiger partial charge in [-0.3, -0.25) is 4.79 Å². The van der Waals surface area contributed by atoms with Crippen LogP contribution in [0.4, 0.5) is 0 Å². The van der Waals surface area contributed by atoms with Crippen molar-refractivity contribution in [3.8, 4) is 0 Å². The van der Waals surface area contributed by atoms with E-state index in [1.165, 1.54) is 11.1 Å². The first-order valence-corrected chi connectivity index (χ1v) is 14.0. The molecule has 5 heteroatoms. The van der Waals surface area contributed by atoms with Crippen LogP contribution >= 0.6 is 0 Å². The van der Waals surface area contributed by atoms with E-state index in [1.54, 1.807) is 4.90 Å². The van der Waals surface area contributed by atoms with Crippen molar-refractivity contribution in [1.82, 2.24) is 10.2 Å². The minimum Gasteiger partial charge on any atom is -0.480 e. The smallest absolute Gasteiger partial charge is 0.326 e. The topological polar surface area (TPSA) is 69.6 Å². The van der Waals surface area contributed by atoms with Gasteiger partial charge in [0, 0.05) is 24.4 Å². The van der Waals surface area contributed by atoms with Crippen molar-refractivity contribution in [3.63, 3.8) is 0 Å². The maximum Gasteiger partial charge on any atom is 0.326 e. The van der Waals surface area contributed by atoms with Crippen LogP contribution in [-0.2, 0) is 16.1 Å². The predicted molar refractivity (Wildman–Crippen MR) is 148 cm³/mol. The average molecular weight is 505 g/mol. The summed E-state index contributed by atoms with van der Waals surface area (Å²) < 4.78 is 0. The summed E-state index contributed by atoms with van der Waals surface area (Å²) in [4.78, 5) is 28.9. The Balaban J connectivity index is 1.80. The lowest BCUT2D eigenvalue weighted by Gasteiger charge is -2.36. The van der Waals surface area contributed by atoms with Crippen LogP contribution in [-0.4, -0.2) is 34.0 Å². The molecule has 0 unspecified atom stereocenters. The molecule has 0 bridgehead atoms. The van der Waals surface area contributed by atoms with Gasteiger partial charge in [-0.1, -0.05) is 108 Å². The summed E-state index contributed by atoms with van der Waals surface area (Å²) >= 11 is 0. The quantitative estimate of drug-likeness (QED) is 0.449. The maximum absolute atomic E-state index is 14.2. The molecule has 5 nitrogen and oxygen atoms in total. The van der Waals surface area contributed by atoms with E-state index in [1.807, 2.05) is 30.3 Å². The molecule has 200 valence electrons. The van der Waals surface area contributed by atoms with E-state index in [2.05, 4.69) is 64.2 Å². The number of carbonyl (C=O) groups excluding carboxylic acids is 1. The SMILES string of the molecule is CC(C)c1ccccc1CN[C@H]1[C@H](C(C)(C)C)[C@@H](C(=O)O)N(C(=O)C2CCCCC2)[C@H]1c1ccccc1. The standard InChI is InChI=1S/C32H44N2O3/c1-21(2)25-19-13-12-18-24(25)20-33-27-26(32(3,4)5)29(31(36)37)34(28(27)22-14-8-6-9-15-22)30(35)23-16-10-7-11-17-23/h6,8-9,12-15,18-19,21,23,26-29,33H,7,10-11,16-17,20H2,1-5H3,(H,36,37)/t26-,27-,28-,29-/m0/s1. The van der Waals surface area contributed by atoms with E-state index in [-0.39, 0.29) is 35.2 Å². The number of likely N-dealkylation sites (tertiary alicyclic amines) is 1. The number of carboxylic acid groups (broad SMARTS) is 1. The molecule has 2 aliphatic rings. The number of aliphatic carboxylic acids is 1. The Labute approximate surface area is 222 Å². The van der Waals surface area contributed by atoms with Gasteiger partial charge in [0.25, 0.3) is 0 Å². The molecule has 2 aromatic rings. The van der Waals surface area contributed by atoms with Crippen LogP contribution in [0.5, 0.6) is 0 Å². The lowest BCUT2D eigenvalue weighted by Crippen LogP contribution is -2.49. The van der Waals surface area contributed by atoms with Gasteiger partial charge in [0.15, 0.2) is 0 Å². The lowest BCUT2D eigenvalue weighted by molar-refractivity contribution is -0.154. The number of benzene rings is 2. The summed E-state index contributed by atoms with van der Waals surface area (Å²) in [7, 11) is 0. The molecule has 2 fully saturated rings. The summed E-state index contributed by atoms with van der Waals surface area (Å²) in [5, 5.41) is 14.4. The molecule has 1 aliphatic carbocycles. The van der Waals surface area contributed by atoms with E-state index < -0.39 is 12.0 Å². The van der Waals surface area contributed by atoms with Crippen LogP contribution in [0.25, 0.3) is 0 Å². The number of carboxylic acids is 1. The van der Waals surface area contributed by atoms with Crippen molar-refractivity contribution in [2.45, 2.75) is 97.3 Å². The minimum atomic E-state index is -0.906. The Morgan fingerprint density at radius 1 is 0.973 bits per heavy atom. The first kappa shape index (κ1) is 27.4. The first-order chi connectivity index (χ1) is 17.6. The Morgan fingerprint density at radius 2 is 1.59 bits per heavy atom. The lowest BCUT2D eigenvalue weighted by atomic mass is 9.72. The van der Waals surface area contributed by atoms with Crippen molar-refractivity contribution in [2.24, 2.45) is 17.3 Å². The second kappa shape index (κ2) is 11.4. The monoisotopic (exact) mass is 504 g/mol. The molecule has 1 saturated carbocycles. The summed E-state index contributed by atoms with van der Waals surface area (Å²) in [6.07, 6.45) is 4.92. The van der Waals surface area contributed by atoms with Gasteiger partial charge < -0.3 is 15.3 Å². The minimum absolute atomic E-state index is 0.0158. The number of carbonyl (C=O) groups is 2. The van der Waals surface area contributed by atoms with Crippen molar-refractivity contribution in [1.29, 1.82) is 0 Å². The van der Waals surface area contributed by atoms with Gasteiger partial charge in [0.05, 0.1) is 6.04 Å². The summed E-state index contributed by atoms with van der Waals surface area (Å²) in [5.41, 5.74) is 3.19.